The van der Waals surface area contributed by atoms with E-state index in [1.54, 1.807) is 0 Å². The topological polar surface area (TPSA) is 31.6 Å². The molecule has 2 heterocycles. The summed E-state index contributed by atoms with van der Waals surface area (Å²) in [5.41, 5.74) is 20.5. The molecule has 0 atom stereocenters. The molecule has 2 aromatic heterocycles. The van der Waals surface area contributed by atoms with Gasteiger partial charge in [0, 0.05) is 43.7 Å². The van der Waals surface area contributed by atoms with E-state index in [1.807, 2.05) is 0 Å². The second kappa shape index (κ2) is 9.82. The van der Waals surface area contributed by atoms with Gasteiger partial charge in [-0.2, -0.15) is 0 Å². The molecule has 9 aromatic rings. The van der Waals surface area contributed by atoms with E-state index < -0.39 is 0 Å². The van der Waals surface area contributed by atoms with E-state index in [4.69, 9.17) is 0 Å². The Kier molecular flexibility index (Phi) is 5.51. The molecule has 0 spiro atoms. The number of aryl methyl sites for hydroxylation is 1. The van der Waals surface area contributed by atoms with Crippen LogP contribution in [0.2, 0.25) is 0 Å². The van der Waals surface area contributed by atoms with Gasteiger partial charge in [-0.25, -0.2) is 0 Å². The van der Waals surface area contributed by atoms with Gasteiger partial charge in [0.15, 0.2) is 0 Å². The van der Waals surface area contributed by atoms with Gasteiger partial charge >= 0.3 is 0 Å². The summed E-state index contributed by atoms with van der Waals surface area (Å²) in [5.74, 6) is 0. The first-order valence-corrected chi connectivity index (χ1v) is 16.5. The van der Waals surface area contributed by atoms with Gasteiger partial charge in [-0.1, -0.05) is 121 Å². The highest BCUT2D eigenvalue weighted by atomic mass is 14.7. The van der Waals surface area contributed by atoms with E-state index in [1.165, 1.54) is 105 Å². The molecule has 0 unspecified atom stereocenters. The first-order valence-electron chi connectivity index (χ1n) is 16.5. The number of aromatic amines is 2. The highest BCUT2D eigenvalue weighted by Gasteiger charge is 2.28. The van der Waals surface area contributed by atoms with Crippen molar-refractivity contribution in [2.24, 2.45) is 0 Å². The molecule has 0 fully saturated rings. The smallest absolute Gasteiger partial charge is 0.0551 e. The summed E-state index contributed by atoms with van der Waals surface area (Å²) in [7, 11) is 0. The molecule has 0 radical (unpaired) electrons. The predicted octanol–water partition coefficient (Wildman–Crippen LogP) is 12.1. The molecular weight excluding hydrogens is 569 g/mol. The molecule has 0 amide bonds. The van der Waals surface area contributed by atoms with Crippen LogP contribution >= 0.6 is 0 Å². The van der Waals surface area contributed by atoms with Crippen molar-refractivity contribution >= 4 is 43.6 Å². The number of H-pyrrole nitrogens is 2. The maximum Gasteiger partial charge on any atom is 0.0551 e. The third kappa shape index (κ3) is 3.73. The Morgan fingerprint density at radius 3 is 1.77 bits per heavy atom. The molecule has 0 saturated carbocycles. The second-order valence-electron chi connectivity index (χ2n) is 13.1. The molecule has 222 valence electrons. The molecule has 0 aliphatic heterocycles. The van der Waals surface area contributed by atoms with Gasteiger partial charge in [-0.3, -0.25) is 0 Å². The van der Waals surface area contributed by atoms with Gasteiger partial charge in [0.25, 0.3) is 0 Å². The van der Waals surface area contributed by atoms with E-state index in [2.05, 4.69) is 157 Å². The summed E-state index contributed by atoms with van der Waals surface area (Å²) >= 11 is 0. The first-order chi connectivity index (χ1) is 23.2. The standard InChI is InChI=1S/C45H32N2/c1-26-24-38-29-13-4-3-12-28(29)25-39(38)42(27(26)2)43-34(22-23-37-33-17-8-10-21-41(33)47-45(37)43)30-14-5-6-15-31(30)35-18-11-19-36-32-16-7-9-20-40(32)46-44(35)36/h3-24,46-47H,25H2,1-2H3. The highest BCUT2D eigenvalue weighted by Crippen LogP contribution is 2.50. The molecule has 1 aliphatic carbocycles. The van der Waals surface area contributed by atoms with Crippen LogP contribution in [0.3, 0.4) is 0 Å². The third-order valence-corrected chi connectivity index (χ3v) is 10.6. The summed E-state index contributed by atoms with van der Waals surface area (Å²) < 4.78 is 0. The number of para-hydroxylation sites is 3. The molecule has 2 N–H and O–H groups in total. The van der Waals surface area contributed by atoms with E-state index in [-0.39, 0.29) is 0 Å². The Labute approximate surface area is 273 Å². The van der Waals surface area contributed by atoms with Crippen molar-refractivity contribution in [3.05, 3.63) is 156 Å². The van der Waals surface area contributed by atoms with Gasteiger partial charge in [0.2, 0.25) is 0 Å². The summed E-state index contributed by atoms with van der Waals surface area (Å²) in [5, 5.41) is 5.04. The molecule has 47 heavy (non-hydrogen) atoms. The van der Waals surface area contributed by atoms with Crippen LogP contribution in [0.5, 0.6) is 0 Å². The van der Waals surface area contributed by atoms with Crippen LogP contribution in [0.25, 0.3) is 88.1 Å². The number of fused-ring (bicyclic) bond motifs is 9. The minimum atomic E-state index is 0.939. The normalized spacial score (nSPS) is 12.4. The number of benzene rings is 7. The van der Waals surface area contributed by atoms with E-state index in [0.717, 1.165) is 11.9 Å². The van der Waals surface area contributed by atoms with Crippen molar-refractivity contribution in [2.75, 3.05) is 0 Å². The van der Waals surface area contributed by atoms with E-state index in [9.17, 15) is 0 Å². The van der Waals surface area contributed by atoms with Crippen molar-refractivity contribution in [1.29, 1.82) is 0 Å². The van der Waals surface area contributed by atoms with Gasteiger partial charge in [-0.05, 0) is 88.0 Å². The minimum absolute atomic E-state index is 0.939. The van der Waals surface area contributed by atoms with Crippen molar-refractivity contribution in [1.82, 2.24) is 9.97 Å². The van der Waals surface area contributed by atoms with Crippen molar-refractivity contribution < 1.29 is 0 Å². The summed E-state index contributed by atoms with van der Waals surface area (Å²) in [6.45, 7) is 4.59. The van der Waals surface area contributed by atoms with Crippen molar-refractivity contribution in [3.63, 3.8) is 0 Å². The maximum atomic E-state index is 3.91. The molecule has 2 nitrogen and oxygen atoms in total. The first kappa shape index (κ1) is 26.4. The summed E-state index contributed by atoms with van der Waals surface area (Å²) in [6, 6.07) is 49.0. The molecule has 7 aromatic carbocycles. The molecular formula is C45H32N2. The van der Waals surface area contributed by atoms with E-state index >= 15 is 0 Å². The average molecular weight is 601 g/mol. The van der Waals surface area contributed by atoms with Crippen LogP contribution in [0.15, 0.2) is 133 Å². The van der Waals surface area contributed by atoms with Gasteiger partial charge in [0.05, 0.1) is 11.0 Å². The molecule has 1 aliphatic rings. The average Bonchev–Trinajstić information content (AvgIpc) is 3.80. The van der Waals surface area contributed by atoms with Crippen LogP contribution in [-0.2, 0) is 6.42 Å². The fourth-order valence-corrected chi connectivity index (χ4v) is 8.31. The number of aromatic nitrogens is 2. The zero-order valence-electron chi connectivity index (χ0n) is 26.4. The Bertz CT molecular complexity index is 2730. The zero-order chi connectivity index (χ0) is 31.2. The van der Waals surface area contributed by atoms with Gasteiger partial charge in [0.1, 0.15) is 0 Å². The Hall–Kier alpha value is -5.86. The van der Waals surface area contributed by atoms with Gasteiger partial charge in [-0.15, -0.1) is 0 Å². The SMILES string of the molecule is Cc1cc2c(c(-c3c(-c4ccccc4-c4cccc5c4[nH]c4ccccc45)ccc4c3[nH]c3ccccc34)c1C)Cc1ccccc1-2. The van der Waals surface area contributed by atoms with Crippen LogP contribution in [0, 0.1) is 13.8 Å². The number of hydrogen-bond acceptors (Lipinski definition) is 0. The van der Waals surface area contributed by atoms with Crippen LogP contribution in [0.4, 0.5) is 0 Å². The minimum Gasteiger partial charge on any atom is -0.354 e. The number of rotatable bonds is 3. The molecule has 2 heteroatoms. The highest BCUT2D eigenvalue weighted by molar-refractivity contribution is 6.17. The Morgan fingerprint density at radius 1 is 0.426 bits per heavy atom. The largest absolute Gasteiger partial charge is 0.354 e. The molecule has 0 bridgehead atoms. The fourth-order valence-electron chi connectivity index (χ4n) is 8.31. The number of nitrogens with one attached hydrogen (secondary N) is 2. The lowest BCUT2D eigenvalue weighted by Gasteiger charge is -2.21. The van der Waals surface area contributed by atoms with Crippen molar-refractivity contribution in [3.8, 4) is 44.5 Å². The molecule has 10 rings (SSSR count). The summed E-state index contributed by atoms with van der Waals surface area (Å²) in [6.07, 6.45) is 0.939. The lowest BCUT2D eigenvalue weighted by molar-refractivity contribution is 1.23. The predicted molar refractivity (Wildman–Crippen MR) is 199 cm³/mol. The Balaban J connectivity index is 1.32. The zero-order valence-corrected chi connectivity index (χ0v) is 26.4. The maximum absolute atomic E-state index is 3.91. The van der Waals surface area contributed by atoms with Crippen molar-refractivity contribution in [2.45, 2.75) is 20.3 Å². The third-order valence-electron chi connectivity index (χ3n) is 10.6. The quantitative estimate of drug-likeness (QED) is 0.202. The monoisotopic (exact) mass is 600 g/mol. The van der Waals surface area contributed by atoms with Crippen LogP contribution in [-0.4, -0.2) is 9.97 Å². The lowest BCUT2D eigenvalue weighted by Crippen LogP contribution is -1.99. The van der Waals surface area contributed by atoms with E-state index in [0.29, 0.717) is 0 Å². The lowest BCUT2D eigenvalue weighted by atomic mass is 9.82. The Morgan fingerprint density at radius 2 is 1.00 bits per heavy atom. The van der Waals surface area contributed by atoms with Crippen LogP contribution in [0.1, 0.15) is 22.3 Å². The number of hydrogen-bond donors (Lipinski definition) is 2. The summed E-state index contributed by atoms with van der Waals surface area (Å²) in [4.78, 5) is 7.69. The second-order valence-corrected chi connectivity index (χ2v) is 13.1. The molecule has 0 saturated heterocycles. The van der Waals surface area contributed by atoms with Gasteiger partial charge < -0.3 is 9.97 Å². The fraction of sp³-hybridized carbons (Fsp3) is 0.0667. The van der Waals surface area contributed by atoms with Crippen LogP contribution < -0.4 is 0 Å².